The number of allylic oxidation sites excluding steroid dienone is 4. The Balaban J connectivity index is 0.00000216. The van der Waals surface area contributed by atoms with Crippen molar-refractivity contribution < 1.29 is 13.9 Å². The molecule has 1 saturated heterocycles. The van der Waals surface area contributed by atoms with Crippen LogP contribution in [0.4, 0.5) is 0 Å². The van der Waals surface area contributed by atoms with Crippen LogP contribution in [-0.2, 0) is 22.0 Å². The van der Waals surface area contributed by atoms with Crippen molar-refractivity contribution >= 4 is 34.9 Å². The summed E-state index contributed by atoms with van der Waals surface area (Å²) in [6, 6.07) is 6.07. The Morgan fingerprint density at radius 1 is 0.955 bits per heavy atom. The van der Waals surface area contributed by atoms with Gasteiger partial charge in [-0.15, -0.1) is 0 Å². The van der Waals surface area contributed by atoms with Crippen molar-refractivity contribution in [3.63, 3.8) is 0 Å². The minimum absolute atomic E-state index is 0.121. The van der Waals surface area contributed by atoms with E-state index in [0.29, 0.717) is 18.0 Å². The Bertz CT molecular complexity index is 1290. The number of hydrogen-bond donors (Lipinski definition) is 1. The zero-order valence-corrected chi connectivity index (χ0v) is 28.3. The number of aromatic nitrogens is 1. The van der Waals surface area contributed by atoms with Crippen molar-refractivity contribution in [2.75, 3.05) is 47.3 Å². The predicted molar refractivity (Wildman–Crippen MR) is 182 cm³/mol. The minimum atomic E-state index is -0.274. The van der Waals surface area contributed by atoms with E-state index in [4.69, 9.17) is 4.28 Å². The van der Waals surface area contributed by atoms with E-state index in [0.717, 1.165) is 63.2 Å². The first-order valence-electron chi connectivity index (χ1n) is 16.7. The highest BCUT2D eigenvalue weighted by Gasteiger charge is 2.30. The van der Waals surface area contributed by atoms with Crippen LogP contribution in [0.2, 0.25) is 0 Å². The number of rotatable bonds is 6. The van der Waals surface area contributed by atoms with Gasteiger partial charge in [0.2, 0.25) is 5.91 Å². The van der Waals surface area contributed by atoms with Crippen LogP contribution in [0.5, 0.6) is 0 Å². The number of piperazine rings is 1. The highest BCUT2D eigenvalue weighted by atomic mass is 32.2. The molecule has 44 heavy (non-hydrogen) atoms. The van der Waals surface area contributed by atoms with Gasteiger partial charge in [-0.1, -0.05) is 69.9 Å². The van der Waals surface area contributed by atoms with Crippen molar-refractivity contribution in [3.8, 4) is 0 Å². The van der Waals surface area contributed by atoms with Crippen LogP contribution in [0.25, 0.3) is 10.9 Å². The van der Waals surface area contributed by atoms with Gasteiger partial charge in [-0.25, -0.2) is 9.79 Å². The van der Waals surface area contributed by atoms with Gasteiger partial charge >= 0.3 is 0 Å². The number of carbonyl (C=O) groups excluding carboxylic acids is 2. The first kappa shape index (κ1) is 34.3. The van der Waals surface area contributed by atoms with Crippen LogP contribution in [0.15, 0.2) is 42.5 Å². The number of benzene rings is 1. The van der Waals surface area contributed by atoms with Gasteiger partial charge in [0.15, 0.2) is 0 Å². The van der Waals surface area contributed by atoms with Gasteiger partial charge in [-0.3, -0.25) is 9.59 Å². The largest absolute Gasteiger partial charge is 0.343 e. The van der Waals surface area contributed by atoms with Crippen LogP contribution in [0, 0.1) is 5.92 Å². The van der Waals surface area contributed by atoms with Gasteiger partial charge in [0.25, 0.3) is 5.91 Å². The number of hydroxylamine groups is 1. The molecular weight excluding hydrogens is 570 g/mol. The summed E-state index contributed by atoms with van der Waals surface area (Å²) in [5.41, 5.74) is 6.90. The molecule has 3 heterocycles. The molecule has 242 valence electrons. The Hall–Kier alpha value is -2.59. The van der Waals surface area contributed by atoms with E-state index in [1.807, 2.05) is 40.1 Å². The summed E-state index contributed by atoms with van der Waals surface area (Å²) >= 11 is 1.07. The van der Waals surface area contributed by atoms with Crippen molar-refractivity contribution in [1.82, 2.24) is 24.2 Å². The molecule has 2 fully saturated rings. The van der Waals surface area contributed by atoms with Crippen LogP contribution in [0.1, 0.15) is 92.7 Å². The number of carbonyl (C=O) groups is 2. The van der Waals surface area contributed by atoms with E-state index in [-0.39, 0.29) is 17.7 Å². The summed E-state index contributed by atoms with van der Waals surface area (Å²) in [5, 5.41) is 1.23. The molecule has 2 amide bonds. The average Bonchev–Trinajstić information content (AvgIpc) is 3.17. The molecule has 1 aliphatic carbocycles. The third kappa shape index (κ3) is 8.77. The van der Waals surface area contributed by atoms with E-state index in [1.54, 1.807) is 4.31 Å². The fourth-order valence-electron chi connectivity index (χ4n) is 6.74. The second-order valence-electron chi connectivity index (χ2n) is 12.3. The first-order chi connectivity index (χ1) is 21.4. The summed E-state index contributed by atoms with van der Waals surface area (Å²) < 4.78 is 9.49. The van der Waals surface area contributed by atoms with E-state index in [2.05, 4.69) is 57.3 Å². The minimum Gasteiger partial charge on any atom is -0.343 e. The molecule has 1 aromatic heterocycles. The molecule has 1 aromatic carbocycles. The molecule has 3 aliphatic rings. The molecule has 5 rings (SSSR count). The quantitative estimate of drug-likeness (QED) is 0.167. The zero-order valence-electron chi connectivity index (χ0n) is 27.5. The van der Waals surface area contributed by atoms with Crippen molar-refractivity contribution in [2.24, 2.45) is 5.92 Å². The number of likely N-dealkylation sites (N-methyl/N-ethyl adjacent to an activating group) is 1. The molecule has 0 spiro atoms. The van der Waals surface area contributed by atoms with Crippen molar-refractivity contribution in [2.45, 2.75) is 84.1 Å². The maximum atomic E-state index is 14.0. The van der Waals surface area contributed by atoms with Crippen molar-refractivity contribution in [1.29, 1.82) is 0 Å². The SMILES string of the molecule is CC.CN1CCN(C(=O)C2CC/C=C\C=C/Cc3c(C4CCCCCC4)c4ccc(C(=O)NOSN(C)C)cc4n3C2)CC1. The summed E-state index contributed by atoms with van der Waals surface area (Å²) in [6.45, 7) is 8.02. The van der Waals surface area contributed by atoms with E-state index >= 15 is 0 Å². The highest BCUT2D eigenvalue weighted by molar-refractivity contribution is 7.92. The Morgan fingerprint density at radius 3 is 2.36 bits per heavy atom. The van der Waals surface area contributed by atoms with Gasteiger partial charge in [0.1, 0.15) is 12.2 Å². The molecule has 9 heteroatoms. The topological polar surface area (TPSA) is 70.1 Å². The normalized spacial score (nSPS) is 21.9. The third-order valence-electron chi connectivity index (χ3n) is 9.01. The maximum Gasteiger partial charge on any atom is 0.275 e. The third-order valence-corrected chi connectivity index (χ3v) is 9.46. The fourth-order valence-corrected chi connectivity index (χ4v) is 7.00. The zero-order chi connectivity index (χ0) is 31.5. The molecule has 2 aromatic rings. The molecule has 2 aliphatic heterocycles. The smallest absolute Gasteiger partial charge is 0.275 e. The van der Waals surface area contributed by atoms with Crippen LogP contribution < -0.4 is 5.48 Å². The second-order valence-corrected chi connectivity index (χ2v) is 13.3. The first-order valence-corrected chi connectivity index (χ1v) is 17.4. The molecular formula is C35H53N5O3S. The predicted octanol–water partition coefficient (Wildman–Crippen LogP) is 6.73. The van der Waals surface area contributed by atoms with Gasteiger partial charge in [0.05, 0.1) is 5.92 Å². The lowest BCUT2D eigenvalue weighted by Gasteiger charge is -2.35. The Kier molecular flexibility index (Phi) is 13.4. The number of fused-ring (bicyclic) bond motifs is 3. The van der Waals surface area contributed by atoms with Gasteiger partial charge < -0.3 is 14.4 Å². The summed E-state index contributed by atoms with van der Waals surface area (Å²) in [5.74, 6) is 0.357. The van der Waals surface area contributed by atoms with Gasteiger partial charge in [-0.2, -0.15) is 4.28 Å². The lowest BCUT2D eigenvalue weighted by atomic mass is 9.88. The fraction of sp³-hybridized carbons (Fsp3) is 0.600. The van der Waals surface area contributed by atoms with Gasteiger partial charge in [0, 0.05) is 61.3 Å². The molecule has 1 saturated carbocycles. The van der Waals surface area contributed by atoms with Gasteiger partial charge in [-0.05, 0) is 70.4 Å². The van der Waals surface area contributed by atoms with Crippen LogP contribution >= 0.6 is 12.2 Å². The summed E-state index contributed by atoms with van der Waals surface area (Å²) in [4.78, 5) is 31.5. The molecule has 1 unspecified atom stereocenters. The van der Waals surface area contributed by atoms with E-state index < -0.39 is 0 Å². The summed E-state index contributed by atoms with van der Waals surface area (Å²) in [6.07, 6.45) is 18.7. The number of amides is 2. The number of nitrogens with one attached hydrogen (secondary N) is 1. The van der Waals surface area contributed by atoms with Crippen molar-refractivity contribution in [3.05, 3.63) is 59.3 Å². The Labute approximate surface area is 269 Å². The van der Waals surface area contributed by atoms with E-state index in [1.165, 1.54) is 55.2 Å². The average molecular weight is 624 g/mol. The maximum absolute atomic E-state index is 14.0. The second kappa shape index (κ2) is 17.2. The highest BCUT2D eigenvalue weighted by Crippen LogP contribution is 2.41. The molecule has 8 nitrogen and oxygen atoms in total. The summed E-state index contributed by atoms with van der Waals surface area (Å²) in [7, 11) is 5.83. The van der Waals surface area contributed by atoms with E-state index in [9.17, 15) is 9.59 Å². The molecule has 0 radical (unpaired) electrons. The van der Waals surface area contributed by atoms with Crippen LogP contribution in [-0.4, -0.2) is 77.8 Å². The number of nitrogens with zero attached hydrogens (tertiary/aromatic N) is 4. The lowest BCUT2D eigenvalue weighted by molar-refractivity contribution is -0.137. The monoisotopic (exact) mass is 623 g/mol. The van der Waals surface area contributed by atoms with Crippen LogP contribution in [0.3, 0.4) is 0 Å². The standard InChI is InChI=1S/C33H47N5O3S.C2H6/c1-35(2)42-41-34-32(39)26-17-18-28-30(23-26)38-24-27(33(40)37-21-19-36(3)20-22-37)15-11-5-4-6-12-16-29(38)31(28)25-13-9-7-8-10-14-25;1-2/h4-6,12,17-18,23,25,27H,7-11,13-16,19-22,24H2,1-3H3,(H,34,39);1-2H3/b5-4-,12-6-;. The molecule has 1 atom stereocenters. The number of hydrogen-bond acceptors (Lipinski definition) is 6. The lowest BCUT2D eigenvalue weighted by Crippen LogP contribution is -2.49. The Morgan fingerprint density at radius 2 is 1.66 bits per heavy atom. The molecule has 0 bridgehead atoms. The molecule has 1 N–H and O–H groups in total.